The van der Waals surface area contributed by atoms with Gasteiger partial charge < -0.3 is 5.32 Å². The summed E-state index contributed by atoms with van der Waals surface area (Å²) < 4.78 is 0. The van der Waals surface area contributed by atoms with E-state index in [1.165, 1.54) is 6.07 Å². The average molecular weight is 236 g/mol. The van der Waals surface area contributed by atoms with E-state index >= 15 is 0 Å². The molecular weight excluding hydrogens is 220 g/mol. The van der Waals surface area contributed by atoms with Gasteiger partial charge in [0, 0.05) is 17.7 Å². The maximum atomic E-state index is 11.6. The Labute approximate surface area is 100.0 Å². The third-order valence-electron chi connectivity index (χ3n) is 2.56. The fraction of sp³-hybridized carbons (Fsp3) is 0.417. The van der Waals surface area contributed by atoms with Crippen molar-refractivity contribution in [3.05, 3.63) is 39.9 Å². The van der Waals surface area contributed by atoms with Crippen LogP contribution in [0.2, 0.25) is 0 Å². The van der Waals surface area contributed by atoms with Crippen LogP contribution in [0.5, 0.6) is 0 Å². The van der Waals surface area contributed by atoms with Gasteiger partial charge in [0.2, 0.25) is 5.91 Å². The second kappa shape index (κ2) is 5.98. The molecule has 0 heterocycles. The molecule has 1 aromatic carbocycles. The number of amides is 1. The van der Waals surface area contributed by atoms with Gasteiger partial charge in [0.1, 0.15) is 0 Å². The molecule has 0 saturated carbocycles. The lowest BCUT2D eigenvalue weighted by Gasteiger charge is -2.11. The van der Waals surface area contributed by atoms with E-state index in [2.05, 4.69) is 5.32 Å². The normalized spacial score (nSPS) is 11.9. The average Bonchev–Trinajstić information content (AvgIpc) is 2.29. The number of nitrogens with zero attached hydrogens (tertiary/aromatic N) is 1. The van der Waals surface area contributed by atoms with Gasteiger partial charge in [0.25, 0.3) is 5.69 Å². The summed E-state index contributed by atoms with van der Waals surface area (Å²) in [5.41, 5.74) is 0.435. The second-order valence-corrected chi connectivity index (χ2v) is 3.94. The Morgan fingerprint density at radius 3 is 2.71 bits per heavy atom. The highest BCUT2D eigenvalue weighted by molar-refractivity contribution is 5.79. The Kier molecular flexibility index (Phi) is 4.63. The highest BCUT2D eigenvalue weighted by Gasteiger charge is 2.15. The molecule has 0 aliphatic heterocycles. The molecule has 0 spiro atoms. The summed E-state index contributed by atoms with van der Waals surface area (Å²) in [5, 5.41) is 13.5. The molecule has 92 valence electrons. The zero-order valence-electron chi connectivity index (χ0n) is 9.97. The number of benzene rings is 1. The molecule has 0 aromatic heterocycles. The van der Waals surface area contributed by atoms with E-state index in [-0.39, 0.29) is 24.1 Å². The highest BCUT2D eigenvalue weighted by Crippen LogP contribution is 2.17. The first-order valence-electron chi connectivity index (χ1n) is 5.56. The monoisotopic (exact) mass is 236 g/mol. The number of hydrogen-bond donors (Lipinski definition) is 1. The lowest BCUT2D eigenvalue weighted by Crippen LogP contribution is -2.33. The Balaban J connectivity index is 2.74. The van der Waals surface area contributed by atoms with Crippen molar-refractivity contribution in [2.75, 3.05) is 0 Å². The molecule has 0 radical (unpaired) electrons. The maximum absolute atomic E-state index is 11.6. The van der Waals surface area contributed by atoms with Crippen LogP contribution >= 0.6 is 0 Å². The third kappa shape index (κ3) is 3.86. The van der Waals surface area contributed by atoms with Crippen LogP contribution in [0, 0.1) is 10.1 Å². The Morgan fingerprint density at radius 2 is 2.12 bits per heavy atom. The van der Waals surface area contributed by atoms with Crippen LogP contribution in [0.15, 0.2) is 24.3 Å². The summed E-state index contributed by atoms with van der Waals surface area (Å²) in [7, 11) is 0. The van der Waals surface area contributed by atoms with E-state index in [1.807, 2.05) is 13.8 Å². The molecule has 1 amide bonds. The molecule has 1 rings (SSSR count). The summed E-state index contributed by atoms with van der Waals surface area (Å²) >= 11 is 0. The van der Waals surface area contributed by atoms with Gasteiger partial charge in [-0.05, 0) is 13.3 Å². The number of rotatable bonds is 5. The van der Waals surface area contributed by atoms with E-state index < -0.39 is 4.92 Å². The molecular formula is C12H16N2O3. The molecule has 0 saturated heterocycles. The van der Waals surface area contributed by atoms with E-state index in [9.17, 15) is 14.9 Å². The van der Waals surface area contributed by atoms with Crippen molar-refractivity contribution in [2.45, 2.75) is 32.7 Å². The molecule has 17 heavy (non-hydrogen) atoms. The van der Waals surface area contributed by atoms with Gasteiger partial charge >= 0.3 is 0 Å². The van der Waals surface area contributed by atoms with E-state index in [1.54, 1.807) is 18.2 Å². The minimum atomic E-state index is -0.466. The number of carbonyl (C=O) groups is 1. The molecule has 1 unspecified atom stereocenters. The molecule has 0 fully saturated rings. The van der Waals surface area contributed by atoms with Gasteiger partial charge in [-0.3, -0.25) is 14.9 Å². The van der Waals surface area contributed by atoms with Crippen molar-refractivity contribution in [2.24, 2.45) is 0 Å². The lowest BCUT2D eigenvalue weighted by atomic mass is 10.1. The van der Waals surface area contributed by atoms with Crippen LogP contribution in [0.25, 0.3) is 0 Å². The lowest BCUT2D eigenvalue weighted by molar-refractivity contribution is -0.385. The largest absolute Gasteiger partial charge is 0.353 e. The van der Waals surface area contributed by atoms with Gasteiger partial charge in [-0.15, -0.1) is 0 Å². The van der Waals surface area contributed by atoms with Crippen LogP contribution in [0.4, 0.5) is 5.69 Å². The molecule has 5 heteroatoms. The first-order valence-corrected chi connectivity index (χ1v) is 5.56. The van der Waals surface area contributed by atoms with E-state index in [0.29, 0.717) is 5.56 Å². The van der Waals surface area contributed by atoms with Crippen molar-refractivity contribution in [1.29, 1.82) is 0 Å². The maximum Gasteiger partial charge on any atom is 0.273 e. The molecule has 1 aromatic rings. The Bertz CT molecular complexity index is 418. The summed E-state index contributed by atoms with van der Waals surface area (Å²) in [5.74, 6) is -0.186. The Hall–Kier alpha value is -1.91. The number of nitrogens with one attached hydrogen (secondary N) is 1. The molecule has 0 aliphatic carbocycles. The van der Waals surface area contributed by atoms with Crippen molar-refractivity contribution in [1.82, 2.24) is 5.32 Å². The van der Waals surface area contributed by atoms with Gasteiger partial charge in [-0.25, -0.2) is 0 Å². The predicted octanol–water partition coefficient (Wildman–Crippen LogP) is 2.05. The number of carbonyl (C=O) groups excluding carboxylic acids is 1. The van der Waals surface area contributed by atoms with Gasteiger partial charge in [0.15, 0.2) is 0 Å². The van der Waals surface area contributed by atoms with Crippen molar-refractivity contribution < 1.29 is 9.72 Å². The summed E-state index contributed by atoms with van der Waals surface area (Å²) in [6.45, 7) is 3.87. The second-order valence-electron chi connectivity index (χ2n) is 3.94. The van der Waals surface area contributed by atoms with Crippen LogP contribution in [-0.4, -0.2) is 16.9 Å². The SMILES string of the molecule is CCC(C)NC(=O)Cc1ccccc1[N+](=O)[O-]. The zero-order chi connectivity index (χ0) is 12.8. The molecule has 1 atom stereocenters. The van der Waals surface area contributed by atoms with Crippen LogP contribution < -0.4 is 5.32 Å². The fourth-order valence-corrected chi connectivity index (χ4v) is 1.44. The predicted molar refractivity (Wildman–Crippen MR) is 64.7 cm³/mol. The minimum absolute atomic E-state index is 0.00759. The number of nitro benzene ring substituents is 1. The van der Waals surface area contributed by atoms with Crippen LogP contribution in [-0.2, 0) is 11.2 Å². The van der Waals surface area contributed by atoms with Gasteiger partial charge in [-0.2, -0.15) is 0 Å². The Morgan fingerprint density at radius 1 is 1.47 bits per heavy atom. The van der Waals surface area contributed by atoms with Gasteiger partial charge in [0.05, 0.1) is 11.3 Å². The van der Waals surface area contributed by atoms with Crippen molar-refractivity contribution >= 4 is 11.6 Å². The molecule has 0 bridgehead atoms. The van der Waals surface area contributed by atoms with Gasteiger partial charge in [-0.1, -0.05) is 25.1 Å². The summed E-state index contributed by atoms with van der Waals surface area (Å²) in [6.07, 6.45) is 0.879. The zero-order valence-corrected chi connectivity index (χ0v) is 9.97. The number of hydrogen-bond acceptors (Lipinski definition) is 3. The number of para-hydroxylation sites is 1. The molecule has 0 aliphatic rings. The van der Waals surface area contributed by atoms with Crippen LogP contribution in [0.1, 0.15) is 25.8 Å². The van der Waals surface area contributed by atoms with Crippen molar-refractivity contribution in [3.63, 3.8) is 0 Å². The van der Waals surface area contributed by atoms with Crippen molar-refractivity contribution in [3.8, 4) is 0 Å². The minimum Gasteiger partial charge on any atom is -0.353 e. The topological polar surface area (TPSA) is 72.2 Å². The first kappa shape index (κ1) is 13.2. The van der Waals surface area contributed by atoms with Crippen LogP contribution in [0.3, 0.4) is 0 Å². The third-order valence-corrected chi connectivity index (χ3v) is 2.56. The summed E-state index contributed by atoms with van der Waals surface area (Å²) in [6, 6.07) is 6.39. The quantitative estimate of drug-likeness (QED) is 0.628. The first-order chi connectivity index (χ1) is 8.04. The molecule has 5 nitrogen and oxygen atoms in total. The van der Waals surface area contributed by atoms with E-state index in [4.69, 9.17) is 0 Å². The number of nitro groups is 1. The smallest absolute Gasteiger partial charge is 0.273 e. The highest BCUT2D eigenvalue weighted by atomic mass is 16.6. The van der Waals surface area contributed by atoms with E-state index in [0.717, 1.165) is 6.42 Å². The molecule has 1 N–H and O–H groups in total. The fourth-order valence-electron chi connectivity index (χ4n) is 1.44. The summed E-state index contributed by atoms with van der Waals surface area (Å²) in [4.78, 5) is 21.9. The standard InChI is InChI=1S/C12H16N2O3/c1-3-9(2)13-12(15)8-10-6-4-5-7-11(10)14(16)17/h4-7,9H,3,8H2,1-2H3,(H,13,15).